The summed E-state index contributed by atoms with van der Waals surface area (Å²) in [5, 5.41) is 6.20. The van der Waals surface area contributed by atoms with Gasteiger partial charge in [0.2, 0.25) is 5.95 Å². The van der Waals surface area contributed by atoms with Gasteiger partial charge in [-0.05, 0) is 42.3 Å². The van der Waals surface area contributed by atoms with Gasteiger partial charge >= 0.3 is 0 Å². The van der Waals surface area contributed by atoms with Gasteiger partial charge in [0.1, 0.15) is 29.8 Å². The Morgan fingerprint density at radius 2 is 2.03 bits per heavy atom. The number of nitrogens with two attached hydrogens (primary N) is 1. The molecule has 3 heterocycles. The van der Waals surface area contributed by atoms with Crippen LogP contribution in [0.25, 0.3) is 11.4 Å². The molecule has 0 atom stereocenters. The summed E-state index contributed by atoms with van der Waals surface area (Å²) in [6.45, 7) is 0.521. The van der Waals surface area contributed by atoms with Gasteiger partial charge < -0.3 is 35.7 Å². The van der Waals surface area contributed by atoms with Crippen LogP contribution in [0.1, 0.15) is 15.9 Å². The topological polar surface area (TPSA) is 147 Å². The molecular formula is C25H24FN7O4. The predicted octanol–water partition coefficient (Wildman–Crippen LogP) is 3.18. The number of aromatic amines is 1. The van der Waals surface area contributed by atoms with Crippen LogP contribution >= 0.6 is 0 Å². The largest absolute Gasteiger partial charge is 0.495 e. The fourth-order valence-corrected chi connectivity index (χ4v) is 4.37. The van der Waals surface area contributed by atoms with Gasteiger partial charge in [-0.1, -0.05) is 6.07 Å². The number of benzene rings is 2. The van der Waals surface area contributed by atoms with E-state index in [2.05, 4.69) is 25.6 Å². The van der Waals surface area contributed by atoms with Crippen LogP contribution in [0.15, 0.2) is 42.6 Å². The lowest BCUT2D eigenvalue weighted by atomic mass is 10.1. The predicted molar refractivity (Wildman–Crippen MR) is 135 cm³/mol. The second-order valence-electron chi connectivity index (χ2n) is 8.33. The number of aromatic nitrogens is 3. The number of rotatable bonds is 8. The number of hydrogen-bond donors (Lipinski definition) is 4. The molecule has 3 aliphatic rings. The van der Waals surface area contributed by atoms with Crippen molar-refractivity contribution in [2.75, 3.05) is 42.9 Å². The fraction of sp³-hybridized carbons (Fsp3) is 0.200. The van der Waals surface area contributed by atoms with E-state index >= 15 is 0 Å². The minimum atomic E-state index is -0.909. The van der Waals surface area contributed by atoms with Crippen molar-refractivity contribution < 1.29 is 23.5 Å². The Morgan fingerprint density at radius 3 is 2.78 bits per heavy atom. The maximum Gasteiger partial charge on any atom is 0.253 e. The summed E-state index contributed by atoms with van der Waals surface area (Å²) in [5.41, 5.74) is 8.19. The molecule has 11 nitrogen and oxygen atoms in total. The molecule has 12 heteroatoms. The lowest BCUT2D eigenvalue weighted by molar-refractivity contribution is -0.122. The summed E-state index contributed by atoms with van der Waals surface area (Å²) in [7, 11) is 3.03. The maximum absolute atomic E-state index is 14.3. The number of amides is 2. The van der Waals surface area contributed by atoms with Crippen LogP contribution in [0, 0.1) is 5.82 Å². The minimum absolute atomic E-state index is 0.0225. The van der Waals surface area contributed by atoms with Crippen molar-refractivity contribution in [3.8, 4) is 17.1 Å². The van der Waals surface area contributed by atoms with Gasteiger partial charge in [-0.3, -0.25) is 9.59 Å². The third-order valence-corrected chi connectivity index (χ3v) is 6.05. The Labute approximate surface area is 211 Å². The van der Waals surface area contributed by atoms with E-state index < -0.39 is 11.7 Å². The van der Waals surface area contributed by atoms with Crippen LogP contribution < -0.4 is 26.0 Å². The molecule has 5 rings (SSSR count). The Balaban J connectivity index is 1.53. The number of nitrogens with zero attached hydrogens (tertiary/aromatic N) is 3. The fourth-order valence-electron chi connectivity index (χ4n) is 4.37. The standard InChI is InChI=1S/C25H24FN7O4/c1-36-12-20(34)33-9-7-13-10-19(37-2)17(11-18(13)33)30-25-31-23-14(6-8-28-23)24(32-25)29-16-5-3-4-15(26)21(16)22(27)35/h3-6,8,10-11H,7,9,12H2,1-2H3,(H2,27,35)(H3,28,29,30,31,32). The zero-order valence-electron chi connectivity index (χ0n) is 20.1. The molecule has 37 heavy (non-hydrogen) atoms. The summed E-state index contributed by atoms with van der Waals surface area (Å²) >= 11 is 0. The van der Waals surface area contributed by atoms with Crippen molar-refractivity contribution in [1.82, 2.24) is 15.0 Å². The molecule has 2 aromatic carbocycles. The van der Waals surface area contributed by atoms with Gasteiger partial charge in [0, 0.05) is 25.5 Å². The Kier molecular flexibility index (Phi) is 6.32. The number of nitrogens with one attached hydrogen (secondary N) is 3. The van der Waals surface area contributed by atoms with Crippen molar-refractivity contribution >= 4 is 40.6 Å². The van der Waals surface area contributed by atoms with Crippen LogP contribution in [-0.4, -0.2) is 54.1 Å². The Bertz CT molecular complexity index is 1470. The number of hydrogen-bond acceptors (Lipinski definition) is 8. The maximum atomic E-state index is 14.3. The molecule has 2 amide bonds. The van der Waals surface area contributed by atoms with Crippen LogP contribution in [-0.2, 0) is 16.0 Å². The first-order valence-electron chi connectivity index (χ1n) is 11.4. The van der Waals surface area contributed by atoms with E-state index in [-0.39, 0.29) is 29.7 Å². The van der Waals surface area contributed by atoms with Gasteiger partial charge in [0.05, 0.1) is 29.6 Å². The molecule has 0 bridgehead atoms. The van der Waals surface area contributed by atoms with Crippen LogP contribution in [0.5, 0.6) is 5.75 Å². The number of anilines is 5. The number of primary amides is 1. The summed E-state index contributed by atoms with van der Waals surface area (Å²) in [6.07, 6.45) is 2.28. The highest BCUT2D eigenvalue weighted by Gasteiger charge is 2.27. The highest BCUT2D eigenvalue weighted by molar-refractivity contribution is 6.00. The third-order valence-electron chi connectivity index (χ3n) is 6.05. The van der Waals surface area contributed by atoms with Crippen molar-refractivity contribution in [2.24, 2.45) is 5.73 Å². The van der Waals surface area contributed by atoms with E-state index in [1.165, 1.54) is 19.2 Å². The number of carbonyl (C=O) groups excluding carboxylic acids is 2. The number of ether oxygens (including phenoxy) is 2. The number of H-pyrrole nitrogens is 1. The lowest BCUT2D eigenvalue weighted by Gasteiger charge is -2.20. The molecule has 0 spiro atoms. The molecule has 0 saturated heterocycles. The van der Waals surface area contributed by atoms with E-state index in [1.54, 1.807) is 24.3 Å². The van der Waals surface area contributed by atoms with E-state index in [1.807, 2.05) is 12.1 Å². The van der Waals surface area contributed by atoms with Crippen molar-refractivity contribution in [3.05, 3.63) is 59.5 Å². The molecule has 190 valence electrons. The quantitative estimate of drug-likeness (QED) is 0.285. The normalized spacial score (nSPS) is 12.5. The van der Waals surface area contributed by atoms with Crippen molar-refractivity contribution in [2.45, 2.75) is 6.42 Å². The molecule has 5 N–H and O–H groups in total. The van der Waals surface area contributed by atoms with Crippen LogP contribution in [0.3, 0.4) is 0 Å². The average molecular weight is 506 g/mol. The summed E-state index contributed by atoms with van der Waals surface area (Å²) in [4.78, 5) is 38.1. The molecule has 0 aromatic heterocycles. The minimum Gasteiger partial charge on any atom is -0.495 e. The van der Waals surface area contributed by atoms with E-state index in [9.17, 15) is 14.0 Å². The van der Waals surface area contributed by atoms with Gasteiger partial charge in [0.25, 0.3) is 11.8 Å². The zero-order chi connectivity index (χ0) is 26.1. The first-order chi connectivity index (χ1) is 17.9. The second-order valence-corrected chi connectivity index (χ2v) is 8.33. The number of fused-ring (bicyclic) bond motifs is 2. The molecule has 3 aliphatic heterocycles. The van der Waals surface area contributed by atoms with E-state index in [0.717, 1.165) is 17.3 Å². The molecule has 0 aliphatic carbocycles. The Morgan fingerprint density at radius 1 is 1.19 bits per heavy atom. The molecule has 0 fully saturated rings. The van der Waals surface area contributed by atoms with Crippen LogP contribution in [0.4, 0.5) is 33.2 Å². The molecular weight excluding hydrogens is 481 g/mol. The zero-order valence-corrected chi connectivity index (χ0v) is 20.1. The third kappa shape index (κ3) is 4.49. The monoisotopic (exact) mass is 505 g/mol. The first-order valence-corrected chi connectivity index (χ1v) is 11.4. The van der Waals surface area contributed by atoms with Gasteiger partial charge in [-0.15, -0.1) is 0 Å². The van der Waals surface area contributed by atoms with E-state index in [4.69, 9.17) is 15.2 Å². The summed E-state index contributed by atoms with van der Waals surface area (Å²) < 4.78 is 24.9. The first kappa shape index (κ1) is 24.0. The van der Waals surface area contributed by atoms with Gasteiger partial charge in [-0.2, -0.15) is 4.98 Å². The summed E-state index contributed by atoms with van der Waals surface area (Å²) in [6, 6.07) is 9.57. The van der Waals surface area contributed by atoms with Crippen LogP contribution in [0.2, 0.25) is 0 Å². The number of carbonyl (C=O) groups is 2. The Hall–Kier alpha value is -4.71. The molecule has 2 aromatic rings. The van der Waals surface area contributed by atoms with Crippen molar-refractivity contribution in [1.29, 1.82) is 0 Å². The molecule has 0 radical (unpaired) electrons. The van der Waals surface area contributed by atoms with Gasteiger partial charge in [0.15, 0.2) is 0 Å². The highest BCUT2D eigenvalue weighted by Crippen LogP contribution is 2.39. The summed E-state index contributed by atoms with van der Waals surface area (Å²) in [5.74, 6) is -0.137. The highest BCUT2D eigenvalue weighted by atomic mass is 19.1. The number of methoxy groups -OCH3 is 2. The van der Waals surface area contributed by atoms with Crippen molar-refractivity contribution in [3.63, 3.8) is 0 Å². The lowest BCUT2D eigenvalue weighted by Crippen LogP contribution is -2.32. The SMILES string of the molecule is COCC(=O)N1CCc2cc(OC)c(Nc3nc(Nc4cccc(F)c4C(N)=O)c4ccnc-4[nH]3)cc21. The smallest absolute Gasteiger partial charge is 0.253 e. The number of halogens is 1. The second kappa shape index (κ2) is 9.74. The average Bonchev–Trinajstić information content (AvgIpc) is 3.50. The van der Waals surface area contributed by atoms with E-state index in [0.29, 0.717) is 41.6 Å². The van der Waals surface area contributed by atoms with Gasteiger partial charge in [-0.25, -0.2) is 9.37 Å². The molecule has 0 unspecified atom stereocenters. The molecule has 0 saturated carbocycles.